The number of carboxylic acid groups (broad SMARTS) is 1. The number of carbonyl (C=O) groups is 2. The van der Waals surface area contributed by atoms with E-state index in [4.69, 9.17) is 9.94 Å². The quantitative estimate of drug-likeness (QED) is 0.811. The molecule has 19 heavy (non-hydrogen) atoms. The Morgan fingerprint density at radius 2 is 1.68 bits per heavy atom. The second kappa shape index (κ2) is 5.86. The molecule has 0 saturated heterocycles. The van der Waals surface area contributed by atoms with Crippen molar-refractivity contribution in [2.24, 2.45) is 0 Å². The largest absolute Gasteiger partial charge is 0.478 e. The van der Waals surface area contributed by atoms with Gasteiger partial charge in [0.05, 0.1) is 5.69 Å². The van der Waals surface area contributed by atoms with Crippen LogP contribution >= 0.6 is 0 Å². The van der Waals surface area contributed by atoms with Crippen LogP contribution in [0.15, 0.2) is 53.6 Å². The minimum atomic E-state index is -0.953. The van der Waals surface area contributed by atoms with E-state index in [-0.39, 0.29) is 12.8 Å². The molecule has 0 spiro atoms. The fraction of sp³-hybridized carbons (Fsp3) is 0.143. The molecule has 98 valence electrons. The van der Waals surface area contributed by atoms with Gasteiger partial charge in [0.2, 0.25) is 0 Å². The van der Waals surface area contributed by atoms with Crippen molar-refractivity contribution in [3.05, 3.63) is 53.6 Å². The lowest BCUT2D eigenvalue weighted by Gasteiger charge is -2.11. The van der Waals surface area contributed by atoms with Crippen molar-refractivity contribution < 1.29 is 19.5 Å². The summed E-state index contributed by atoms with van der Waals surface area (Å²) in [5, 5.41) is 8.79. The molecule has 0 bridgehead atoms. The minimum Gasteiger partial charge on any atom is -0.478 e. The van der Waals surface area contributed by atoms with Gasteiger partial charge >= 0.3 is 11.9 Å². The molecule has 5 heteroatoms. The highest BCUT2D eigenvalue weighted by Crippen LogP contribution is 2.18. The summed E-state index contributed by atoms with van der Waals surface area (Å²) in [4.78, 5) is 27.4. The van der Waals surface area contributed by atoms with E-state index in [1.54, 1.807) is 18.2 Å². The van der Waals surface area contributed by atoms with Crippen LogP contribution in [0.5, 0.6) is 0 Å². The Bertz CT molecular complexity index is 546. The predicted octanol–water partition coefficient (Wildman–Crippen LogP) is 2.29. The van der Waals surface area contributed by atoms with E-state index in [0.29, 0.717) is 16.8 Å². The molecular weight excluding hydrogens is 246 g/mol. The fourth-order valence-electron chi connectivity index (χ4n) is 1.65. The summed E-state index contributed by atoms with van der Waals surface area (Å²) < 4.78 is 0. The SMILES string of the molecule is O=C(O)C1=CCC(C(=O)ONc2ccccc2)=CC1. The zero-order chi connectivity index (χ0) is 13.7. The second-order valence-electron chi connectivity index (χ2n) is 4.03. The second-order valence-corrected chi connectivity index (χ2v) is 4.03. The summed E-state index contributed by atoms with van der Waals surface area (Å²) in [5.41, 5.74) is 3.97. The van der Waals surface area contributed by atoms with Crippen LogP contribution in [0.1, 0.15) is 12.8 Å². The third-order valence-electron chi connectivity index (χ3n) is 2.71. The molecule has 0 aliphatic heterocycles. The van der Waals surface area contributed by atoms with E-state index in [1.807, 2.05) is 18.2 Å². The van der Waals surface area contributed by atoms with Crippen LogP contribution in [0.25, 0.3) is 0 Å². The summed E-state index contributed by atoms with van der Waals surface area (Å²) >= 11 is 0. The van der Waals surface area contributed by atoms with E-state index in [2.05, 4.69) is 5.48 Å². The number of allylic oxidation sites excluding steroid dienone is 2. The number of rotatable bonds is 4. The molecule has 0 saturated carbocycles. The first-order valence-corrected chi connectivity index (χ1v) is 5.80. The molecule has 0 heterocycles. The molecule has 0 aromatic heterocycles. The Morgan fingerprint density at radius 1 is 1.05 bits per heavy atom. The average molecular weight is 259 g/mol. The topological polar surface area (TPSA) is 75.6 Å². The lowest BCUT2D eigenvalue weighted by atomic mass is 10.00. The zero-order valence-electron chi connectivity index (χ0n) is 10.1. The predicted molar refractivity (Wildman–Crippen MR) is 69.2 cm³/mol. The fourth-order valence-corrected chi connectivity index (χ4v) is 1.65. The number of benzene rings is 1. The van der Waals surface area contributed by atoms with E-state index < -0.39 is 11.9 Å². The summed E-state index contributed by atoms with van der Waals surface area (Å²) in [6.07, 6.45) is 3.63. The van der Waals surface area contributed by atoms with Gasteiger partial charge in [0, 0.05) is 11.1 Å². The first kappa shape index (κ1) is 12.9. The Balaban J connectivity index is 1.87. The third kappa shape index (κ3) is 3.45. The standard InChI is InChI=1S/C14H13NO4/c16-13(17)10-6-8-11(9-7-10)14(18)19-15-12-4-2-1-3-5-12/h1-6,9,15H,7-8H2,(H,16,17). The lowest BCUT2D eigenvalue weighted by molar-refractivity contribution is -0.136. The van der Waals surface area contributed by atoms with Crippen molar-refractivity contribution in [3.8, 4) is 0 Å². The van der Waals surface area contributed by atoms with E-state index >= 15 is 0 Å². The van der Waals surface area contributed by atoms with Gasteiger partial charge in [0.15, 0.2) is 0 Å². The molecule has 1 aliphatic carbocycles. The molecule has 1 aromatic carbocycles. The third-order valence-corrected chi connectivity index (χ3v) is 2.71. The van der Waals surface area contributed by atoms with Crippen molar-refractivity contribution in [1.29, 1.82) is 0 Å². The number of hydrogen-bond acceptors (Lipinski definition) is 4. The highest BCUT2D eigenvalue weighted by atomic mass is 16.7. The van der Waals surface area contributed by atoms with Gasteiger partial charge in [-0.3, -0.25) is 0 Å². The molecule has 5 nitrogen and oxygen atoms in total. The van der Waals surface area contributed by atoms with Crippen LogP contribution in [0.3, 0.4) is 0 Å². The molecule has 0 fully saturated rings. The van der Waals surface area contributed by atoms with Crippen LogP contribution in [-0.4, -0.2) is 17.0 Å². The lowest BCUT2D eigenvalue weighted by Crippen LogP contribution is -2.15. The van der Waals surface area contributed by atoms with Crippen LogP contribution in [0.2, 0.25) is 0 Å². The van der Waals surface area contributed by atoms with Crippen molar-refractivity contribution in [1.82, 2.24) is 0 Å². The van der Waals surface area contributed by atoms with Gasteiger partial charge in [0.25, 0.3) is 0 Å². The first-order chi connectivity index (χ1) is 9.16. The maximum atomic E-state index is 11.7. The molecule has 0 radical (unpaired) electrons. The maximum absolute atomic E-state index is 11.7. The van der Waals surface area contributed by atoms with Crippen molar-refractivity contribution in [3.63, 3.8) is 0 Å². The van der Waals surface area contributed by atoms with Gasteiger partial charge in [-0.25, -0.2) is 15.1 Å². The average Bonchev–Trinajstić information content (AvgIpc) is 2.46. The normalized spacial score (nSPS) is 14.1. The van der Waals surface area contributed by atoms with Gasteiger partial charge in [-0.2, -0.15) is 0 Å². The monoisotopic (exact) mass is 259 g/mol. The molecule has 0 unspecified atom stereocenters. The summed E-state index contributed by atoms with van der Waals surface area (Å²) in [6.45, 7) is 0. The molecule has 2 rings (SSSR count). The van der Waals surface area contributed by atoms with Crippen LogP contribution in [0.4, 0.5) is 5.69 Å². The summed E-state index contributed by atoms with van der Waals surface area (Å²) in [7, 11) is 0. The van der Waals surface area contributed by atoms with E-state index in [0.717, 1.165) is 0 Å². The molecule has 0 atom stereocenters. The summed E-state index contributed by atoms with van der Waals surface area (Å²) in [6, 6.07) is 9.03. The number of hydrogen-bond donors (Lipinski definition) is 2. The Kier molecular flexibility index (Phi) is 3.97. The highest BCUT2D eigenvalue weighted by Gasteiger charge is 2.17. The Labute approximate surface area is 110 Å². The number of carbonyl (C=O) groups excluding carboxylic acids is 1. The molecule has 2 N–H and O–H groups in total. The number of aliphatic carboxylic acids is 1. The Hall–Kier alpha value is -2.56. The maximum Gasteiger partial charge on any atom is 0.358 e. The smallest absolute Gasteiger partial charge is 0.358 e. The molecular formula is C14H13NO4. The molecule has 0 amide bonds. The number of carboxylic acids is 1. The van der Waals surface area contributed by atoms with Gasteiger partial charge in [-0.15, -0.1) is 0 Å². The van der Waals surface area contributed by atoms with Gasteiger partial charge in [0.1, 0.15) is 0 Å². The molecule has 1 aliphatic rings. The van der Waals surface area contributed by atoms with Crippen molar-refractivity contribution in [2.45, 2.75) is 12.8 Å². The summed E-state index contributed by atoms with van der Waals surface area (Å²) in [5.74, 6) is -1.45. The van der Waals surface area contributed by atoms with Gasteiger partial charge in [-0.1, -0.05) is 30.4 Å². The number of nitrogens with one attached hydrogen (secondary N) is 1. The van der Waals surface area contributed by atoms with Crippen LogP contribution in [0, 0.1) is 0 Å². The van der Waals surface area contributed by atoms with Gasteiger partial charge < -0.3 is 9.94 Å². The Morgan fingerprint density at radius 3 is 2.26 bits per heavy atom. The molecule has 1 aromatic rings. The van der Waals surface area contributed by atoms with Crippen molar-refractivity contribution >= 4 is 17.6 Å². The highest BCUT2D eigenvalue weighted by molar-refractivity contribution is 5.92. The van der Waals surface area contributed by atoms with E-state index in [1.165, 1.54) is 6.08 Å². The van der Waals surface area contributed by atoms with Gasteiger partial charge in [-0.05, 0) is 25.0 Å². The van der Waals surface area contributed by atoms with E-state index in [9.17, 15) is 9.59 Å². The number of para-hydroxylation sites is 1. The van der Waals surface area contributed by atoms with Crippen LogP contribution < -0.4 is 5.48 Å². The first-order valence-electron chi connectivity index (χ1n) is 5.80. The zero-order valence-corrected chi connectivity index (χ0v) is 10.1. The number of anilines is 1. The van der Waals surface area contributed by atoms with Crippen molar-refractivity contribution in [2.75, 3.05) is 5.48 Å². The minimum absolute atomic E-state index is 0.241. The van der Waals surface area contributed by atoms with Crippen LogP contribution in [-0.2, 0) is 14.4 Å².